The van der Waals surface area contributed by atoms with Crippen LogP contribution in [0.5, 0.6) is 0 Å². The van der Waals surface area contributed by atoms with Crippen LogP contribution in [-0.4, -0.2) is 5.54 Å². The summed E-state index contributed by atoms with van der Waals surface area (Å²) >= 11 is 0. The highest BCUT2D eigenvalue weighted by Crippen LogP contribution is 2.38. The molecule has 2 rings (SSSR count). The molecular weight excluding hydrogens is 170 g/mol. The van der Waals surface area contributed by atoms with Gasteiger partial charge >= 0.3 is 0 Å². The quantitative estimate of drug-likeness (QED) is 0.774. The van der Waals surface area contributed by atoms with E-state index in [1.807, 2.05) is 0 Å². The molecule has 0 aliphatic heterocycles. The van der Waals surface area contributed by atoms with Crippen molar-refractivity contribution in [3.63, 3.8) is 0 Å². The van der Waals surface area contributed by atoms with Gasteiger partial charge in [-0.25, -0.2) is 0 Å². The molecule has 1 heteroatoms. The van der Waals surface area contributed by atoms with Gasteiger partial charge in [-0.1, -0.05) is 37.3 Å². The Hall–Kier alpha value is -0.820. The smallest absolute Gasteiger partial charge is 0.0155 e. The van der Waals surface area contributed by atoms with Crippen molar-refractivity contribution >= 4 is 0 Å². The molecule has 14 heavy (non-hydrogen) atoms. The van der Waals surface area contributed by atoms with Crippen molar-refractivity contribution in [1.29, 1.82) is 0 Å². The Kier molecular flexibility index (Phi) is 2.60. The molecule has 1 aromatic carbocycles. The maximum absolute atomic E-state index is 6.07. The Morgan fingerprint density at radius 3 is 2.50 bits per heavy atom. The zero-order chi connectivity index (χ0) is 10.0. The van der Waals surface area contributed by atoms with Crippen LogP contribution in [-0.2, 0) is 0 Å². The fraction of sp³-hybridized carbons (Fsp3) is 0.538. The summed E-state index contributed by atoms with van der Waals surface area (Å²) in [5.74, 6) is 0.650. The minimum Gasteiger partial charge on any atom is -0.325 e. The fourth-order valence-electron chi connectivity index (χ4n) is 1.86. The minimum absolute atomic E-state index is 0.211. The van der Waals surface area contributed by atoms with Gasteiger partial charge in [-0.3, -0.25) is 0 Å². The molecule has 0 aromatic heterocycles. The van der Waals surface area contributed by atoms with Crippen molar-refractivity contribution in [2.45, 2.75) is 44.1 Å². The lowest BCUT2D eigenvalue weighted by Gasteiger charge is -2.14. The molecule has 2 N–H and O–H groups in total. The largest absolute Gasteiger partial charge is 0.325 e. The standard InChI is InChI=1S/C13H19N/c1-11(7-8-13(14)9-10-13)12-5-3-2-4-6-12/h2-6,11H,7-10,14H2,1H3. The van der Waals surface area contributed by atoms with Crippen molar-refractivity contribution in [2.24, 2.45) is 5.73 Å². The van der Waals surface area contributed by atoms with Crippen LogP contribution in [0, 0.1) is 0 Å². The lowest BCUT2D eigenvalue weighted by Crippen LogP contribution is -2.21. The van der Waals surface area contributed by atoms with Gasteiger partial charge in [0.1, 0.15) is 0 Å². The van der Waals surface area contributed by atoms with Crippen molar-refractivity contribution < 1.29 is 0 Å². The molecule has 1 nitrogen and oxygen atoms in total. The Balaban J connectivity index is 1.86. The molecular formula is C13H19N. The third-order valence-corrected chi connectivity index (χ3v) is 3.34. The Morgan fingerprint density at radius 1 is 1.29 bits per heavy atom. The van der Waals surface area contributed by atoms with Crippen LogP contribution in [0.25, 0.3) is 0 Å². The predicted molar refractivity (Wildman–Crippen MR) is 60.2 cm³/mol. The summed E-state index contributed by atoms with van der Waals surface area (Å²) in [6, 6.07) is 10.7. The van der Waals surface area contributed by atoms with Crippen LogP contribution in [0.2, 0.25) is 0 Å². The van der Waals surface area contributed by atoms with E-state index in [2.05, 4.69) is 37.3 Å². The topological polar surface area (TPSA) is 26.0 Å². The second kappa shape index (κ2) is 3.74. The second-order valence-electron chi connectivity index (χ2n) is 4.71. The summed E-state index contributed by atoms with van der Waals surface area (Å²) in [4.78, 5) is 0. The lowest BCUT2D eigenvalue weighted by atomic mass is 9.94. The van der Waals surface area contributed by atoms with E-state index in [1.54, 1.807) is 0 Å². The van der Waals surface area contributed by atoms with Crippen LogP contribution < -0.4 is 5.73 Å². The van der Waals surface area contributed by atoms with Gasteiger partial charge < -0.3 is 5.73 Å². The summed E-state index contributed by atoms with van der Waals surface area (Å²) in [7, 11) is 0. The zero-order valence-electron chi connectivity index (χ0n) is 8.87. The maximum atomic E-state index is 6.07. The van der Waals surface area contributed by atoms with E-state index in [-0.39, 0.29) is 5.54 Å². The summed E-state index contributed by atoms with van der Waals surface area (Å²) in [5, 5.41) is 0. The van der Waals surface area contributed by atoms with Gasteiger partial charge in [0.2, 0.25) is 0 Å². The van der Waals surface area contributed by atoms with Crippen molar-refractivity contribution in [1.82, 2.24) is 0 Å². The fourth-order valence-corrected chi connectivity index (χ4v) is 1.86. The number of nitrogens with two attached hydrogens (primary N) is 1. The van der Waals surface area contributed by atoms with Crippen LogP contribution in [0.4, 0.5) is 0 Å². The molecule has 0 radical (unpaired) electrons. The molecule has 1 unspecified atom stereocenters. The number of hydrogen-bond acceptors (Lipinski definition) is 1. The average molecular weight is 189 g/mol. The van der Waals surface area contributed by atoms with E-state index in [9.17, 15) is 0 Å². The molecule has 1 aromatic rings. The van der Waals surface area contributed by atoms with Gasteiger partial charge in [0.25, 0.3) is 0 Å². The number of hydrogen-bond donors (Lipinski definition) is 1. The molecule has 0 bridgehead atoms. The number of benzene rings is 1. The molecule has 1 atom stereocenters. The maximum Gasteiger partial charge on any atom is 0.0155 e. The van der Waals surface area contributed by atoms with E-state index in [4.69, 9.17) is 5.73 Å². The first-order chi connectivity index (χ1) is 6.70. The number of rotatable bonds is 4. The molecule has 0 saturated heterocycles. The molecule has 1 fully saturated rings. The van der Waals surface area contributed by atoms with E-state index in [0.717, 1.165) is 0 Å². The lowest BCUT2D eigenvalue weighted by molar-refractivity contribution is 0.533. The first kappa shape index (κ1) is 9.72. The average Bonchev–Trinajstić information content (AvgIpc) is 2.95. The summed E-state index contributed by atoms with van der Waals surface area (Å²) in [6.45, 7) is 2.29. The highest BCUT2D eigenvalue weighted by Gasteiger charge is 2.37. The van der Waals surface area contributed by atoms with Gasteiger partial charge in [-0.05, 0) is 37.2 Å². The zero-order valence-corrected chi connectivity index (χ0v) is 8.87. The van der Waals surface area contributed by atoms with Crippen LogP contribution >= 0.6 is 0 Å². The predicted octanol–water partition coefficient (Wildman–Crippen LogP) is 3.06. The van der Waals surface area contributed by atoms with Gasteiger partial charge in [0.05, 0.1) is 0 Å². The van der Waals surface area contributed by atoms with Crippen LogP contribution in [0.1, 0.15) is 44.1 Å². The molecule has 76 valence electrons. The van der Waals surface area contributed by atoms with E-state index >= 15 is 0 Å². The third kappa shape index (κ3) is 2.36. The third-order valence-electron chi connectivity index (χ3n) is 3.34. The Labute approximate surface area is 86.3 Å². The molecule has 1 aliphatic rings. The van der Waals surface area contributed by atoms with Crippen LogP contribution in [0.3, 0.4) is 0 Å². The summed E-state index contributed by atoms with van der Waals surface area (Å²) in [5.41, 5.74) is 7.73. The summed E-state index contributed by atoms with van der Waals surface area (Å²) in [6.07, 6.45) is 4.87. The monoisotopic (exact) mass is 189 g/mol. The SMILES string of the molecule is CC(CCC1(N)CC1)c1ccccc1. The van der Waals surface area contributed by atoms with Crippen molar-refractivity contribution in [3.05, 3.63) is 35.9 Å². The van der Waals surface area contributed by atoms with Crippen molar-refractivity contribution in [2.75, 3.05) is 0 Å². The van der Waals surface area contributed by atoms with Gasteiger partial charge in [0.15, 0.2) is 0 Å². The normalized spacial score (nSPS) is 20.4. The molecule has 0 amide bonds. The Bertz CT molecular complexity index is 287. The highest BCUT2D eigenvalue weighted by atomic mass is 14.8. The molecule has 1 saturated carbocycles. The van der Waals surface area contributed by atoms with E-state index in [0.29, 0.717) is 5.92 Å². The van der Waals surface area contributed by atoms with Gasteiger partial charge in [-0.2, -0.15) is 0 Å². The highest BCUT2D eigenvalue weighted by molar-refractivity contribution is 5.18. The molecule has 0 spiro atoms. The Morgan fingerprint density at radius 2 is 1.93 bits per heavy atom. The van der Waals surface area contributed by atoms with E-state index in [1.165, 1.54) is 31.2 Å². The first-order valence-electron chi connectivity index (χ1n) is 5.53. The van der Waals surface area contributed by atoms with Crippen molar-refractivity contribution in [3.8, 4) is 0 Å². The van der Waals surface area contributed by atoms with Crippen LogP contribution in [0.15, 0.2) is 30.3 Å². The van der Waals surface area contributed by atoms with E-state index < -0.39 is 0 Å². The van der Waals surface area contributed by atoms with Gasteiger partial charge in [-0.15, -0.1) is 0 Å². The molecule has 0 heterocycles. The minimum atomic E-state index is 0.211. The van der Waals surface area contributed by atoms with Gasteiger partial charge in [0, 0.05) is 5.54 Å². The summed E-state index contributed by atoms with van der Waals surface area (Å²) < 4.78 is 0. The first-order valence-corrected chi connectivity index (χ1v) is 5.53. The second-order valence-corrected chi connectivity index (χ2v) is 4.71. The molecule has 1 aliphatic carbocycles.